The molecule has 6 aromatic rings. The standard InChI is InChI=1S/C34H33ClN8O6/c1-41-31(23-4-2-22(3-5-23)15-38-33(45)48-18-28-37-10-13-47-28)29-30(40-41)32(44)43(20-39-29)19-34(46)8-11-42(12-9-34)17-25-7-6-24(14-26(25)35)27-16-36-21-49-27/h2-7,10,13-14,16,20-21,46H,8-9,11-12,15,17-19H2,1H3,(H,38,45). The molecular weight excluding hydrogens is 652 g/mol. The van der Waals surface area contributed by atoms with Crippen molar-refractivity contribution < 1.29 is 23.5 Å². The maximum absolute atomic E-state index is 13.6. The van der Waals surface area contributed by atoms with Gasteiger partial charge in [0.1, 0.15) is 11.8 Å². The number of hydrogen-bond donors (Lipinski definition) is 2. The first-order valence-electron chi connectivity index (χ1n) is 15.7. The van der Waals surface area contributed by atoms with Crippen LogP contribution in [0.2, 0.25) is 5.02 Å². The normalized spacial score (nSPS) is 14.7. The number of hydrogen-bond acceptors (Lipinski definition) is 11. The van der Waals surface area contributed by atoms with Crippen LogP contribution < -0.4 is 10.9 Å². The Kier molecular flexibility index (Phi) is 8.99. The summed E-state index contributed by atoms with van der Waals surface area (Å²) in [5.41, 5.74) is 3.50. The highest BCUT2D eigenvalue weighted by atomic mass is 35.5. The van der Waals surface area contributed by atoms with Crippen molar-refractivity contribution in [3.8, 4) is 22.6 Å². The van der Waals surface area contributed by atoms with Crippen LogP contribution >= 0.6 is 11.6 Å². The molecule has 2 N–H and O–H groups in total. The van der Waals surface area contributed by atoms with Crippen molar-refractivity contribution in [3.05, 3.63) is 106 Å². The van der Waals surface area contributed by atoms with Crippen LogP contribution in [0, 0.1) is 0 Å². The maximum Gasteiger partial charge on any atom is 0.407 e. The average Bonchev–Trinajstić information content (AvgIpc) is 3.89. The van der Waals surface area contributed by atoms with Crippen LogP contribution in [0.15, 0.2) is 87.5 Å². The number of oxazole rings is 2. The second-order valence-corrected chi connectivity index (χ2v) is 12.5. The highest BCUT2D eigenvalue weighted by Crippen LogP contribution is 2.30. The number of benzene rings is 2. The van der Waals surface area contributed by atoms with Gasteiger partial charge >= 0.3 is 6.09 Å². The molecule has 0 spiro atoms. The number of fused-ring (bicyclic) bond motifs is 1. The van der Waals surface area contributed by atoms with Crippen LogP contribution in [0.4, 0.5) is 4.79 Å². The van der Waals surface area contributed by atoms with Crippen LogP contribution in [0.25, 0.3) is 33.6 Å². The first kappa shape index (κ1) is 32.2. The molecule has 2 aromatic carbocycles. The molecule has 1 fully saturated rings. The summed E-state index contributed by atoms with van der Waals surface area (Å²) in [5, 5.41) is 19.3. The average molecular weight is 685 g/mol. The highest BCUT2D eigenvalue weighted by molar-refractivity contribution is 6.31. The van der Waals surface area contributed by atoms with E-state index in [4.69, 9.17) is 25.2 Å². The molecule has 14 nitrogen and oxygen atoms in total. The molecule has 0 radical (unpaired) electrons. The SMILES string of the molecule is Cn1nc2c(=O)n(CC3(O)CCN(Cc4ccc(-c5cnco5)cc4Cl)CC3)cnc2c1-c1ccc(CNC(=O)OCc2ncco2)cc1. The van der Waals surface area contributed by atoms with E-state index in [0.717, 1.165) is 22.3 Å². The maximum atomic E-state index is 13.6. The van der Waals surface area contributed by atoms with Gasteiger partial charge in [0.15, 0.2) is 24.3 Å². The molecule has 49 heavy (non-hydrogen) atoms. The smallest absolute Gasteiger partial charge is 0.407 e. The number of rotatable bonds is 10. The Bertz CT molecular complexity index is 2120. The number of carbonyl (C=O) groups excluding carboxylic acids is 1. The van der Waals surface area contributed by atoms with E-state index in [2.05, 4.69) is 30.3 Å². The highest BCUT2D eigenvalue weighted by Gasteiger charge is 2.33. The fraction of sp³-hybridized carbons (Fsp3) is 0.294. The van der Waals surface area contributed by atoms with Gasteiger partial charge in [0.25, 0.3) is 5.56 Å². The fourth-order valence-corrected chi connectivity index (χ4v) is 6.26. The van der Waals surface area contributed by atoms with Gasteiger partial charge in [0.2, 0.25) is 5.89 Å². The molecule has 0 unspecified atom stereocenters. The van der Waals surface area contributed by atoms with Crippen LogP contribution in [-0.2, 0) is 38.0 Å². The molecule has 1 amide bonds. The van der Waals surface area contributed by atoms with Crippen molar-refractivity contribution in [1.82, 2.24) is 39.5 Å². The number of likely N-dealkylation sites (tertiary alicyclic amines) is 1. The predicted molar refractivity (Wildman–Crippen MR) is 178 cm³/mol. The summed E-state index contributed by atoms with van der Waals surface area (Å²) in [7, 11) is 1.76. The number of piperidine rings is 1. The van der Waals surface area contributed by atoms with Crippen molar-refractivity contribution in [2.24, 2.45) is 7.05 Å². The second-order valence-electron chi connectivity index (χ2n) is 12.1. The lowest BCUT2D eigenvalue weighted by Gasteiger charge is -2.38. The zero-order valence-electron chi connectivity index (χ0n) is 26.6. The number of aromatic nitrogens is 6. The summed E-state index contributed by atoms with van der Waals surface area (Å²) in [5.74, 6) is 0.965. The van der Waals surface area contributed by atoms with E-state index in [1.165, 1.54) is 29.7 Å². The molecule has 0 aliphatic carbocycles. The van der Waals surface area contributed by atoms with Gasteiger partial charge in [-0.3, -0.25) is 18.9 Å². The molecule has 7 rings (SSSR count). The van der Waals surface area contributed by atoms with Crippen LogP contribution in [-0.4, -0.2) is 64.1 Å². The Hall–Kier alpha value is -5.31. The van der Waals surface area contributed by atoms with Gasteiger partial charge in [0.05, 0.1) is 36.6 Å². The number of halogens is 1. The molecule has 4 aromatic heterocycles. The molecular formula is C34H33ClN8O6. The van der Waals surface area contributed by atoms with E-state index >= 15 is 0 Å². The van der Waals surface area contributed by atoms with Crippen molar-refractivity contribution >= 4 is 28.7 Å². The van der Waals surface area contributed by atoms with Crippen LogP contribution in [0.5, 0.6) is 0 Å². The molecule has 0 atom stereocenters. The molecule has 1 aliphatic heterocycles. The Morgan fingerprint density at radius 3 is 2.59 bits per heavy atom. The first-order valence-corrected chi connectivity index (χ1v) is 16.0. The van der Waals surface area contributed by atoms with E-state index in [0.29, 0.717) is 60.4 Å². The second kappa shape index (κ2) is 13.7. The van der Waals surface area contributed by atoms with Gasteiger partial charge in [-0.1, -0.05) is 48.0 Å². The van der Waals surface area contributed by atoms with E-state index in [1.54, 1.807) is 17.9 Å². The topological polar surface area (TPSA) is 167 Å². The quantitative estimate of drug-likeness (QED) is 0.208. The third kappa shape index (κ3) is 7.11. The summed E-state index contributed by atoms with van der Waals surface area (Å²) in [4.78, 5) is 40.3. The third-order valence-corrected chi connectivity index (χ3v) is 9.05. The minimum absolute atomic E-state index is 0.0593. The summed E-state index contributed by atoms with van der Waals surface area (Å²) < 4.78 is 18.6. The summed E-state index contributed by atoms with van der Waals surface area (Å²) >= 11 is 6.59. The number of nitrogens with zero attached hydrogens (tertiary/aromatic N) is 7. The lowest BCUT2D eigenvalue weighted by Crippen LogP contribution is -2.47. The number of aryl methyl sites for hydroxylation is 1. The Balaban J connectivity index is 0.970. The van der Waals surface area contributed by atoms with E-state index in [9.17, 15) is 14.7 Å². The summed E-state index contributed by atoms with van der Waals surface area (Å²) in [6.07, 6.45) is 7.78. The minimum Gasteiger partial charge on any atom is -0.446 e. The van der Waals surface area contributed by atoms with Crippen molar-refractivity contribution in [1.29, 1.82) is 0 Å². The Morgan fingerprint density at radius 1 is 1.08 bits per heavy atom. The van der Waals surface area contributed by atoms with Crippen LogP contribution in [0.1, 0.15) is 29.9 Å². The lowest BCUT2D eigenvalue weighted by molar-refractivity contribution is -0.0364. The van der Waals surface area contributed by atoms with Crippen molar-refractivity contribution in [2.45, 2.75) is 44.7 Å². The molecule has 5 heterocycles. The number of amides is 1. The van der Waals surface area contributed by atoms with Crippen LogP contribution in [0.3, 0.4) is 0 Å². The molecule has 252 valence electrons. The number of ether oxygens (including phenoxy) is 1. The van der Waals surface area contributed by atoms with Gasteiger partial charge < -0.3 is 24.0 Å². The minimum atomic E-state index is -1.07. The molecule has 0 bridgehead atoms. The van der Waals surface area contributed by atoms with Gasteiger partial charge in [-0.05, 0) is 30.0 Å². The van der Waals surface area contributed by atoms with E-state index < -0.39 is 11.7 Å². The molecule has 1 aliphatic rings. The van der Waals surface area contributed by atoms with Gasteiger partial charge in [0, 0.05) is 49.4 Å². The van der Waals surface area contributed by atoms with E-state index in [1.807, 2.05) is 42.5 Å². The number of carbonyl (C=O) groups is 1. The first-order chi connectivity index (χ1) is 23.7. The van der Waals surface area contributed by atoms with Gasteiger partial charge in [-0.15, -0.1) is 0 Å². The van der Waals surface area contributed by atoms with E-state index in [-0.39, 0.29) is 30.8 Å². The number of nitrogens with one attached hydrogen (secondary N) is 1. The van der Waals surface area contributed by atoms with Gasteiger partial charge in [-0.2, -0.15) is 5.10 Å². The molecule has 0 saturated carbocycles. The monoisotopic (exact) mass is 684 g/mol. The Labute approximate surface area is 284 Å². The fourth-order valence-electron chi connectivity index (χ4n) is 6.02. The predicted octanol–water partition coefficient (Wildman–Crippen LogP) is 4.55. The largest absolute Gasteiger partial charge is 0.446 e. The summed E-state index contributed by atoms with van der Waals surface area (Å²) in [6, 6.07) is 13.3. The lowest BCUT2D eigenvalue weighted by atomic mass is 9.91. The zero-order valence-corrected chi connectivity index (χ0v) is 27.3. The molecule has 15 heteroatoms. The Morgan fingerprint density at radius 2 is 1.88 bits per heavy atom. The third-order valence-electron chi connectivity index (χ3n) is 8.70. The van der Waals surface area contributed by atoms with Gasteiger partial charge in [-0.25, -0.2) is 19.7 Å². The van der Waals surface area contributed by atoms with Crippen molar-refractivity contribution in [3.63, 3.8) is 0 Å². The van der Waals surface area contributed by atoms with Crippen molar-refractivity contribution in [2.75, 3.05) is 13.1 Å². The number of aliphatic hydroxyl groups is 1. The summed E-state index contributed by atoms with van der Waals surface area (Å²) in [6.45, 7) is 2.24. The zero-order chi connectivity index (χ0) is 34.0. The number of alkyl carbamates (subject to hydrolysis) is 1. The molecule has 1 saturated heterocycles.